The van der Waals surface area contributed by atoms with Crippen molar-refractivity contribution in [1.82, 2.24) is 4.90 Å². The number of hydrogen-bond donors (Lipinski definition) is 1. The lowest BCUT2D eigenvalue weighted by atomic mass is 10.1. The number of methoxy groups -OCH3 is 1. The first-order valence-electron chi connectivity index (χ1n) is 8.87. The fraction of sp³-hybridized carbons (Fsp3) is 0.611. The van der Waals surface area contributed by atoms with Crippen molar-refractivity contribution in [2.24, 2.45) is 0 Å². The molecule has 0 radical (unpaired) electrons. The van der Waals surface area contributed by atoms with Gasteiger partial charge in [0.1, 0.15) is 22.1 Å². The smallest absolute Gasteiger partial charge is 0.410 e. The van der Waals surface area contributed by atoms with Crippen LogP contribution in [-0.2, 0) is 4.74 Å². The van der Waals surface area contributed by atoms with E-state index >= 15 is 0 Å². The van der Waals surface area contributed by atoms with Crippen LogP contribution in [0.15, 0.2) is 12.1 Å². The molecule has 1 amide bonds. The highest BCUT2D eigenvalue weighted by Crippen LogP contribution is 2.40. The van der Waals surface area contributed by atoms with Crippen molar-refractivity contribution in [3.8, 4) is 5.75 Å². The van der Waals surface area contributed by atoms with Crippen molar-refractivity contribution in [3.05, 3.63) is 27.3 Å². The molecule has 0 spiro atoms. The van der Waals surface area contributed by atoms with E-state index in [0.717, 1.165) is 19.3 Å². The molecule has 27 heavy (non-hydrogen) atoms. The van der Waals surface area contributed by atoms with Gasteiger partial charge in [0, 0.05) is 25.2 Å². The summed E-state index contributed by atoms with van der Waals surface area (Å²) in [6, 6.07) is 2.63. The second-order valence-electron chi connectivity index (χ2n) is 7.50. The van der Waals surface area contributed by atoms with Gasteiger partial charge in [-0.25, -0.2) is 4.79 Å². The Balaban J connectivity index is 2.23. The second-order valence-corrected chi connectivity index (χ2v) is 7.87. The molecule has 9 heteroatoms. The third kappa shape index (κ3) is 5.63. The topological polar surface area (TPSA) is 93.9 Å². The van der Waals surface area contributed by atoms with Crippen LogP contribution in [0.5, 0.6) is 5.75 Å². The Morgan fingerprint density at radius 3 is 2.67 bits per heavy atom. The first kappa shape index (κ1) is 21.1. The number of nitro groups is 1. The van der Waals surface area contributed by atoms with Crippen molar-refractivity contribution in [2.45, 2.75) is 51.7 Å². The van der Waals surface area contributed by atoms with Gasteiger partial charge in [-0.15, -0.1) is 0 Å². The minimum absolute atomic E-state index is 0.131. The van der Waals surface area contributed by atoms with E-state index in [9.17, 15) is 14.9 Å². The molecule has 1 aromatic rings. The van der Waals surface area contributed by atoms with Gasteiger partial charge >= 0.3 is 6.09 Å². The molecule has 1 aliphatic rings. The number of benzene rings is 1. The summed E-state index contributed by atoms with van der Waals surface area (Å²) in [4.78, 5) is 25.0. The molecule has 1 fully saturated rings. The largest absolute Gasteiger partial charge is 0.495 e. The molecule has 0 aromatic heterocycles. The monoisotopic (exact) mass is 399 g/mol. The first-order chi connectivity index (χ1) is 12.6. The van der Waals surface area contributed by atoms with E-state index in [1.54, 1.807) is 4.90 Å². The molecule has 0 aliphatic carbocycles. The number of amides is 1. The van der Waals surface area contributed by atoms with Crippen LogP contribution in [0.25, 0.3) is 0 Å². The lowest BCUT2D eigenvalue weighted by Crippen LogP contribution is -2.42. The van der Waals surface area contributed by atoms with E-state index in [1.165, 1.54) is 19.2 Å². The van der Waals surface area contributed by atoms with Crippen LogP contribution in [0, 0.1) is 10.1 Å². The van der Waals surface area contributed by atoms with Crippen LogP contribution in [0.4, 0.5) is 16.2 Å². The summed E-state index contributed by atoms with van der Waals surface area (Å²) in [6.07, 6.45) is 2.09. The van der Waals surface area contributed by atoms with E-state index in [1.807, 2.05) is 20.8 Å². The third-order valence-corrected chi connectivity index (χ3v) is 4.55. The molecule has 0 bridgehead atoms. The Morgan fingerprint density at radius 2 is 2.07 bits per heavy atom. The Kier molecular flexibility index (Phi) is 6.75. The van der Waals surface area contributed by atoms with E-state index in [-0.39, 0.29) is 28.5 Å². The molecular weight excluding hydrogens is 374 g/mol. The summed E-state index contributed by atoms with van der Waals surface area (Å²) in [5.41, 5.74) is -0.507. The van der Waals surface area contributed by atoms with E-state index in [4.69, 9.17) is 21.1 Å². The molecule has 1 unspecified atom stereocenters. The number of nitrogens with zero attached hydrogens (tertiary/aromatic N) is 2. The van der Waals surface area contributed by atoms with Gasteiger partial charge in [-0.2, -0.15) is 0 Å². The number of hydrogen-bond acceptors (Lipinski definition) is 6. The quantitative estimate of drug-likeness (QED) is 0.593. The van der Waals surface area contributed by atoms with Crippen LogP contribution in [0.1, 0.15) is 40.0 Å². The molecule has 1 saturated heterocycles. The zero-order chi connectivity index (χ0) is 20.2. The maximum absolute atomic E-state index is 12.4. The summed E-state index contributed by atoms with van der Waals surface area (Å²) < 4.78 is 10.6. The van der Waals surface area contributed by atoms with Crippen LogP contribution < -0.4 is 10.1 Å². The number of nitrogens with one attached hydrogen (secondary N) is 1. The van der Waals surface area contributed by atoms with Crippen LogP contribution >= 0.6 is 11.6 Å². The minimum atomic E-state index is -0.582. The molecule has 1 heterocycles. The SMILES string of the molecule is COc1ccc([N+](=O)[O-])c(NC2CCCCN(C(=O)OC(C)(C)C)C2)c1Cl. The highest BCUT2D eigenvalue weighted by Gasteiger charge is 2.29. The number of likely N-dealkylation sites (tertiary alicyclic amines) is 1. The zero-order valence-electron chi connectivity index (χ0n) is 16.1. The molecule has 150 valence electrons. The number of anilines is 1. The average Bonchev–Trinajstić information content (AvgIpc) is 2.80. The maximum Gasteiger partial charge on any atom is 0.410 e. The molecule has 1 N–H and O–H groups in total. The Bertz CT molecular complexity index is 705. The van der Waals surface area contributed by atoms with E-state index in [2.05, 4.69) is 5.32 Å². The second kappa shape index (κ2) is 8.65. The van der Waals surface area contributed by atoms with E-state index in [0.29, 0.717) is 18.8 Å². The van der Waals surface area contributed by atoms with Crippen molar-refractivity contribution < 1.29 is 19.2 Å². The Labute approximate surface area is 163 Å². The molecule has 1 atom stereocenters. The van der Waals surface area contributed by atoms with Gasteiger partial charge < -0.3 is 19.7 Å². The number of carbonyl (C=O) groups is 1. The van der Waals surface area contributed by atoms with Crippen molar-refractivity contribution >= 4 is 29.1 Å². The molecular formula is C18H26ClN3O5. The summed E-state index contributed by atoms with van der Waals surface area (Å²) in [5, 5.41) is 14.7. The van der Waals surface area contributed by atoms with Gasteiger partial charge in [0.05, 0.1) is 12.0 Å². The first-order valence-corrected chi connectivity index (χ1v) is 9.25. The number of halogens is 1. The van der Waals surface area contributed by atoms with Gasteiger partial charge in [-0.05, 0) is 46.1 Å². The van der Waals surface area contributed by atoms with Crippen LogP contribution in [0.2, 0.25) is 5.02 Å². The predicted molar refractivity (Wildman–Crippen MR) is 104 cm³/mol. The average molecular weight is 400 g/mol. The normalized spacial score (nSPS) is 17.8. The van der Waals surface area contributed by atoms with Crippen molar-refractivity contribution in [3.63, 3.8) is 0 Å². The highest BCUT2D eigenvalue weighted by molar-refractivity contribution is 6.35. The van der Waals surface area contributed by atoms with E-state index < -0.39 is 10.5 Å². The van der Waals surface area contributed by atoms with Gasteiger partial charge in [0.25, 0.3) is 5.69 Å². The summed E-state index contributed by atoms with van der Waals surface area (Å²) in [5.74, 6) is 0.349. The van der Waals surface area contributed by atoms with Crippen molar-refractivity contribution in [1.29, 1.82) is 0 Å². The Morgan fingerprint density at radius 1 is 1.37 bits per heavy atom. The van der Waals surface area contributed by atoms with Gasteiger partial charge in [0.2, 0.25) is 0 Å². The lowest BCUT2D eigenvalue weighted by Gasteiger charge is -2.29. The van der Waals surface area contributed by atoms with Gasteiger partial charge in [0.15, 0.2) is 0 Å². The number of ether oxygens (including phenoxy) is 2. The molecule has 1 aromatic carbocycles. The molecule has 2 rings (SSSR count). The van der Waals surface area contributed by atoms with Gasteiger partial charge in [-0.3, -0.25) is 10.1 Å². The molecule has 1 aliphatic heterocycles. The maximum atomic E-state index is 12.4. The molecule has 8 nitrogen and oxygen atoms in total. The summed E-state index contributed by atoms with van der Waals surface area (Å²) >= 11 is 6.31. The van der Waals surface area contributed by atoms with Gasteiger partial charge in [-0.1, -0.05) is 11.6 Å². The van der Waals surface area contributed by atoms with Crippen LogP contribution in [0.3, 0.4) is 0 Å². The zero-order valence-corrected chi connectivity index (χ0v) is 16.8. The number of rotatable bonds is 4. The highest BCUT2D eigenvalue weighted by atomic mass is 35.5. The third-order valence-electron chi connectivity index (χ3n) is 4.17. The number of nitro benzene ring substituents is 1. The fourth-order valence-corrected chi connectivity index (χ4v) is 3.24. The predicted octanol–water partition coefficient (Wildman–Crippen LogP) is 4.46. The van der Waals surface area contributed by atoms with Crippen molar-refractivity contribution in [2.75, 3.05) is 25.5 Å². The van der Waals surface area contributed by atoms with Crippen LogP contribution in [-0.4, -0.2) is 47.8 Å². The lowest BCUT2D eigenvalue weighted by molar-refractivity contribution is -0.384. The number of carbonyl (C=O) groups excluding carboxylic acids is 1. The fourth-order valence-electron chi connectivity index (χ4n) is 2.95. The Hall–Kier alpha value is -2.22. The minimum Gasteiger partial charge on any atom is -0.495 e. The summed E-state index contributed by atoms with van der Waals surface area (Å²) in [7, 11) is 1.45. The summed E-state index contributed by atoms with van der Waals surface area (Å²) in [6.45, 7) is 6.41. The standard InChI is InChI=1S/C18H26ClN3O5/c1-18(2,3)27-17(23)21-10-6-5-7-12(11-21)20-16-13(22(24)25)8-9-14(26-4)15(16)19/h8-9,12,20H,5-7,10-11H2,1-4H3. The molecule has 0 saturated carbocycles.